The highest BCUT2D eigenvalue weighted by atomic mass is 35.5. The van der Waals surface area contributed by atoms with E-state index in [4.69, 9.17) is 16.3 Å². The van der Waals surface area contributed by atoms with Crippen LogP contribution >= 0.6 is 23.4 Å². The van der Waals surface area contributed by atoms with E-state index in [2.05, 4.69) is 16.9 Å². The highest BCUT2D eigenvalue weighted by molar-refractivity contribution is 7.99. The van der Waals surface area contributed by atoms with Crippen LogP contribution in [0.1, 0.15) is 51.9 Å². The minimum Gasteiger partial charge on any atom is -0.491 e. The topological polar surface area (TPSA) is 102 Å². The van der Waals surface area contributed by atoms with Gasteiger partial charge in [0.25, 0.3) is 5.56 Å². The van der Waals surface area contributed by atoms with Crippen LogP contribution in [0.2, 0.25) is 5.02 Å². The average Bonchev–Trinajstić information content (AvgIpc) is 3.17. The lowest BCUT2D eigenvalue weighted by Crippen LogP contribution is -2.30. The van der Waals surface area contributed by atoms with Crippen molar-refractivity contribution in [2.45, 2.75) is 69.7 Å². The first-order valence-corrected chi connectivity index (χ1v) is 13.2. The number of aromatic amines is 1. The summed E-state index contributed by atoms with van der Waals surface area (Å²) in [4.78, 5) is 31.6. The largest absolute Gasteiger partial charge is 0.491 e. The van der Waals surface area contributed by atoms with E-state index >= 15 is 0 Å². The Balaban J connectivity index is 1.69. The molecule has 0 saturated heterocycles. The number of hydrogen-bond acceptors (Lipinski definition) is 6. The van der Waals surface area contributed by atoms with Crippen molar-refractivity contribution in [2.75, 3.05) is 12.4 Å². The van der Waals surface area contributed by atoms with Gasteiger partial charge < -0.3 is 14.4 Å². The number of aliphatic hydroxyl groups is 1. The highest BCUT2D eigenvalue weighted by Gasteiger charge is 2.20. The van der Waals surface area contributed by atoms with E-state index in [1.807, 2.05) is 0 Å². The normalized spacial score (nSPS) is 12.4. The molecule has 186 valence electrons. The molecule has 1 unspecified atom stereocenters. The first-order chi connectivity index (χ1) is 16.4. The lowest BCUT2D eigenvalue weighted by molar-refractivity contribution is 0.0914. The van der Waals surface area contributed by atoms with Crippen molar-refractivity contribution in [3.63, 3.8) is 0 Å². The third kappa shape index (κ3) is 7.13. The monoisotopic (exact) mass is 508 g/mol. The Morgan fingerprint density at radius 2 is 1.79 bits per heavy atom. The number of unbranched alkanes of at least 4 members (excludes halogenated alkanes) is 6. The zero-order valence-electron chi connectivity index (χ0n) is 19.8. The summed E-state index contributed by atoms with van der Waals surface area (Å²) in [5.74, 6) is 1.44. The van der Waals surface area contributed by atoms with Gasteiger partial charge in [-0.3, -0.25) is 14.3 Å². The molecular formula is C24H33ClN4O4S. The fraction of sp³-hybridized carbons (Fsp3) is 0.542. The van der Waals surface area contributed by atoms with Crippen molar-refractivity contribution >= 4 is 34.5 Å². The van der Waals surface area contributed by atoms with Gasteiger partial charge >= 0.3 is 5.69 Å². The second kappa shape index (κ2) is 13.0. The smallest absolute Gasteiger partial charge is 0.329 e. The molecule has 0 amide bonds. The zero-order chi connectivity index (χ0) is 24.5. The molecule has 0 radical (unpaired) electrons. The standard InChI is InChI=1S/C24H33ClN4O4S/c1-3-4-5-6-7-8-9-14-34-24-26-21-20(22(31)27-23(32)28(21)2)29(24)15-18(30)16-33-19-12-10-17(25)11-13-19/h10-13,18,30H,3-9,14-16H2,1-2H3,(H,27,31,32). The third-order valence-corrected chi connectivity index (χ3v) is 6.92. The predicted octanol–water partition coefficient (Wildman–Crippen LogP) is 4.36. The molecule has 0 aliphatic heterocycles. The average molecular weight is 509 g/mol. The van der Waals surface area contributed by atoms with E-state index in [0.29, 0.717) is 21.6 Å². The lowest BCUT2D eigenvalue weighted by Gasteiger charge is -2.15. The van der Waals surface area contributed by atoms with Gasteiger partial charge in [0.15, 0.2) is 16.3 Å². The molecule has 34 heavy (non-hydrogen) atoms. The van der Waals surface area contributed by atoms with Gasteiger partial charge in [0.1, 0.15) is 18.5 Å². The fourth-order valence-corrected chi connectivity index (χ4v) is 4.83. The van der Waals surface area contributed by atoms with E-state index < -0.39 is 17.4 Å². The number of nitrogens with zero attached hydrogens (tertiary/aromatic N) is 3. The summed E-state index contributed by atoms with van der Waals surface area (Å²) in [6.45, 7) is 2.36. The molecule has 0 spiro atoms. The zero-order valence-corrected chi connectivity index (χ0v) is 21.3. The fourth-order valence-electron chi connectivity index (χ4n) is 3.70. The summed E-state index contributed by atoms with van der Waals surface area (Å²) in [5.41, 5.74) is -0.451. The number of ether oxygens (including phenoxy) is 1. The summed E-state index contributed by atoms with van der Waals surface area (Å²) < 4.78 is 8.67. The molecule has 2 aromatic heterocycles. The Morgan fingerprint density at radius 3 is 2.50 bits per heavy atom. The molecule has 3 rings (SSSR count). The van der Waals surface area contributed by atoms with E-state index in [-0.39, 0.29) is 18.7 Å². The summed E-state index contributed by atoms with van der Waals surface area (Å²) in [6, 6.07) is 6.88. The molecule has 0 fully saturated rings. The number of thioether (sulfide) groups is 1. The molecule has 1 aromatic carbocycles. The molecular weight excluding hydrogens is 476 g/mol. The maximum Gasteiger partial charge on any atom is 0.329 e. The van der Waals surface area contributed by atoms with Crippen molar-refractivity contribution in [1.29, 1.82) is 0 Å². The number of fused-ring (bicyclic) bond motifs is 1. The van der Waals surface area contributed by atoms with Gasteiger partial charge in [0, 0.05) is 17.8 Å². The number of halogens is 1. The number of rotatable bonds is 14. The van der Waals surface area contributed by atoms with Crippen LogP contribution < -0.4 is 16.0 Å². The predicted molar refractivity (Wildman–Crippen MR) is 137 cm³/mol. The van der Waals surface area contributed by atoms with Crippen LogP contribution in [0, 0.1) is 0 Å². The minimum atomic E-state index is -0.886. The molecule has 2 heterocycles. The molecule has 8 nitrogen and oxygen atoms in total. The number of benzene rings is 1. The maximum absolute atomic E-state index is 12.6. The number of imidazole rings is 1. The Bertz CT molecular complexity index is 1170. The first-order valence-electron chi connectivity index (χ1n) is 11.8. The number of aryl methyl sites for hydroxylation is 1. The molecule has 10 heteroatoms. The van der Waals surface area contributed by atoms with Gasteiger partial charge in [-0.1, -0.05) is 68.8 Å². The van der Waals surface area contributed by atoms with Crippen LogP contribution in [0.5, 0.6) is 5.75 Å². The summed E-state index contributed by atoms with van der Waals surface area (Å²) >= 11 is 7.44. The quantitative estimate of drug-likeness (QED) is 0.248. The van der Waals surface area contributed by atoms with Crippen molar-refractivity contribution < 1.29 is 9.84 Å². The van der Waals surface area contributed by atoms with E-state index in [1.165, 1.54) is 48.4 Å². The van der Waals surface area contributed by atoms with Gasteiger partial charge in [-0.25, -0.2) is 9.78 Å². The SMILES string of the molecule is CCCCCCCCCSc1nc2c(c(=O)[nH]c(=O)n2C)n1CC(O)COc1ccc(Cl)cc1. The highest BCUT2D eigenvalue weighted by Crippen LogP contribution is 2.24. The molecule has 3 aromatic rings. The Labute approximate surface area is 208 Å². The van der Waals surface area contributed by atoms with Crippen molar-refractivity contribution in [2.24, 2.45) is 7.05 Å². The van der Waals surface area contributed by atoms with Crippen LogP contribution in [-0.2, 0) is 13.6 Å². The van der Waals surface area contributed by atoms with E-state index in [1.54, 1.807) is 35.9 Å². The summed E-state index contributed by atoms with van der Waals surface area (Å²) in [6.07, 6.45) is 7.58. The third-order valence-electron chi connectivity index (χ3n) is 5.60. The van der Waals surface area contributed by atoms with Crippen LogP contribution in [0.25, 0.3) is 11.2 Å². The number of aromatic nitrogens is 4. The summed E-state index contributed by atoms with van der Waals surface area (Å²) in [5, 5.41) is 11.9. The van der Waals surface area contributed by atoms with Gasteiger partial charge in [-0.15, -0.1) is 0 Å². The minimum absolute atomic E-state index is 0.0346. The van der Waals surface area contributed by atoms with Crippen molar-refractivity contribution in [3.05, 3.63) is 50.1 Å². The molecule has 0 aliphatic carbocycles. The van der Waals surface area contributed by atoms with E-state index in [9.17, 15) is 14.7 Å². The van der Waals surface area contributed by atoms with Crippen LogP contribution in [0.4, 0.5) is 0 Å². The first kappa shape index (κ1) is 26.4. The van der Waals surface area contributed by atoms with E-state index in [0.717, 1.165) is 18.6 Å². The molecule has 0 aliphatic rings. The maximum atomic E-state index is 12.6. The van der Waals surface area contributed by atoms with Crippen LogP contribution in [0.3, 0.4) is 0 Å². The van der Waals surface area contributed by atoms with Gasteiger partial charge in [-0.2, -0.15) is 0 Å². The lowest BCUT2D eigenvalue weighted by atomic mass is 10.1. The Morgan fingerprint density at radius 1 is 1.12 bits per heavy atom. The number of hydrogen-bond donors (Lipinski definition) is 2. The molecule has 0 bridgehead atoms. The van der Waals surface area contributed by atoms with Gasteiger partial charge in [-0.05, 0) is 30.7 Å². The molecule has 0 saturated carbocycles. The van der Waals surface area contributed by atoms with Gasteiger partial charge in [0.05, 0.1) is 6.54 Å². The van der Waals surface area contributed by atoms with Crippen LogP contribution in [-0.4, -0.2) is 42.7 Å². The second-order valence-corrected chi connectivity index (χ2v) is 9.88. The van der Waals surface area contributed by atoms with Crippen molar-refractivity contribution in [1.82, 2.24) is 19.1 Å². The second-order valence-electron chi connectivity index (χ2n) is 8.38. The number of H-pyrrole nitrogens is 1. The van der Waals surface area contributed by atoms with Crippen LogP contribution in [0.15, 0.2) is 39.0 Å². The number of aliphatic hydroxyl groups excluding tert-OH is 1. The summed E-state index contributed by atoms with van der Waals surface area (Å²) in [7, 11) is 1.57. The molecule has 1 atom stereocenters. The van der Waals surface area contributed by atoms with Gasteiger partial charge in [0.2, 0.25) is 0 Å². The Kier molecular flexibility index (Phi) is 10.1. The Hall–Kier alpha value is -2.23. The molecule has 2 N–H and O–H groups in total. The van der Waals surface area contributed by atoms with Crippen molar-refractivity contribution in [3.8, 4) is 5.75 Å². The number of nitrogens with one attached hydrogen (secondary N) is 1.